The highest BCUT2D eigenvalue weighted by Crippen LogP contribution is 2.37. The highest BCUT2D eigenvalue weighted by atomic mass is 19.4. The lowest BCUT2D eigenvalue weighted by atomic mass is 10.0. The van der Waals surface area contributed by atoms with Gasteiger partial charge in [-0.05, 0) is 18.2 Å². The number of amidine groups is 1. The minimum Gasteiger partial charge on any atom is -0.366 e. The Kier molecular flexibility index (Phi) is 4.95. The Hall–Kier alpha value is -3.57. The van der Waals surface area contributed by atoms with E-state index < -0.39 is 40.8 Å². The molecule has 0 bridgehead atoms. The number of alkyl halides is 6. The topological polar surface area (TPSA) is 93.6 Å². The lowest BCUT2D eigenvalue weighted by molar-refractivity contribution is -0.143. The number of hydrogen-bond acceptors (Lipinski definition) is 5. The predicted octanol–water partition coefficient (Wildman–Crippen LogP) is 3.24. The number of allylic oxidation sites excluding steroid dienone is 1. The highest BCUT2D eigenvalue weighted by molar-refractivity contribution is 6.26. The lowest BCUT2D eigenvalue weighted by Crippen LogP contribution is -2.15. The summed E-state index contributed by atoms with van der Waals surface area (Å²) in [6.07, 6.45) is -5.35. The van der Waals surface area contributed by atoms with Gasteiger partial charge in [-0.1, -0.05) is 0 Å². The number of aliphatic imine (C=N–C) groups is 2. The Morgan fingerprint density at radius 1 is 0.897 bits per heavy atom. The van der Waals surface area contributed by atoms with E-state index in [0.29, 0.717) is 12.1 Å². The molecule has 1 aromatic heterocycles. The summed E-state index contributed by atoms with van der Waals surface area (Å²) >= 11 is 0. The second kappa shape index (κ2) is 7.11. The van der Waals surface area contributed by atoms with Crippen molar-refractivity contribution in [1.29, 1.82) is 0 Å². The van der Waals surface area contributed by atoms with Crippen molar-refractivity contribution in [1.82, 2.24) is 9.97 Å². The van der Waals surface area contributed by atoms with Crippen LogP contribution in [0.2, 0.25) is 0 Å². The summed E-state index contributed by atoms with van der Waals surface area (Å²) in [5.41, 5.74) is 1.60. The van der Waals surface area contributed by atoms with Crippen molar-refractivity contribution in [3.63, 3.8) is 0 Å². The molecule has 0 fully saturated rings. The first kappa shape index (κ1) is 20.2. The van der Waals surface area contributed by atoms with E-state index in [1.165, 1.54) is 18.7 Å². The van der Waals surface area contributed by atoms with Crippen LogP contribution in [0, 0.1) is 0 Å². The van der Waals surface area contributed by atoms with Crippen LogP contribution in [0.3, 0.4) is 0 Å². The minimum absolute atomic E-state index is 0.00434. The number of primary amides is 1. The zero-order chi connectivity index (χ0) is 21.4. The van der Waals surface area contributed by atoms with Crippen molar-refractivity contribution in [3.05, 3.63) is 64.9 Å². The molecule has 2 heterocycles. The van der Waals surface area contributed by atoms with Crippen molar-refractivity contribution in [2.75, 3.05) is 0 Å². The second-order valence-electron chi connectivity index (χ2n) is 5.74. The summed E-state index contributed by atoms with van der Waals surface area (Å²) in [5, 5.41) is 0. The molecule has 0 saturated heterocycles. The van der Waals surface area contributed by atoms with E-state index in [1.54, 1.807) is 0 Å². The zero-order valence-electron chi connectivity index (χ0n) is 14.1. The first-order valence-electron chi connectivity index (χ1n) is 7.69. The molecule has 6 nitrogen and oxygen atoms in total. The standard InChI is InChI=1S/C17H9F6N5O/c18-16(19,20)10-1-8(2-11(3-10)17(21,22)23)15-27-6-12(28-15)13(14(24)29)9-4-25-7-26-5-9/h1-7H,(H2,24,29)/b13-12-. The summed E-state index contributed by atoms with van der Waals surface area (Å²) in [4.78, 5) is 26.8. The Labute approximate surface area is 158 Å². The number of benzene rings is 1. The van der Waals surface area contributed by atoms with Crippen LogP contribution in [0.5, 0.6) is 0 Å². The molecule has 150 valence electrons. The molecule has 1 aromatic carbocycles. The molecule has 12 heteroatoms. The molecular formula is C17H9F6N5O. The summed E-state index contributed by atoms with van der Waals surface area (Å²) in [7, 11) is 0. The number of nitrogens with two attached hydrogens (primary N) is 1. The molecule has 0 radical (unpaired) electrons. The summed E-state index contributed by atoms with van der Waals surface area (Å²) in [6.45, 7) is 0. The Bertz CT molecular complexity index is 1020. The van der Waals surface area contributed by atoms with Crippen LogP contribution in [0.4, 0.5) is 26.3 Å². The molecule has 0 atom stereocenters. The molecule has 29 heavy (non-hydrogen) atoms. The van der Waals surface area contributed by atoms with Crippen LogP contribution in [-0.2, 0) is 17.1 Å². The maximum Gasteiger partial charge on any atom is 0.416 e. The molecule has 0 saturated carbocycles. The van der Waals surface area contributed by atoms with E-state index in [-0.39, 0.29) is 22.9 Å². The van der Waals surface area contributed by atoms with Crippen LogP contribution in [0.25, 0.3) is 5.57 Å². The molecule has 3 rings (SSSR count). The van der Waals surface area contributed by atoms with Gasteiger partial charge < -0.3 is 5.73 Å². The van der Waals surface area contributed by atoms with E-state index in [0.717, 1.165) is 6.21 Å². The second-order valence-corrected chi connectivity index (χ2v) is 5.74. The Balaban J connectivity index is 2.15. The molecule has 1 aliphatic rings. The van der Waals surface area contributed by atoms with E-state index in [9.17, 15) is 31.1 Å². The van der Waals surface area contributed by atoms with Gasteiger partial charge in [-0.3, -0.25) is 4.79 Å². The molecular weight excluding hydrogens is 404 g/mol. The maximum absolute atomic E-state index is 13.0. The van der Waals surface area contributed by atoms with Crippen LogP contribution < -0.4 is 5.73 Å². The van der Waals surface area contributed by atoms with Gasteiger partial charge in [0.25, 0.3) is 5.91 Å². The average Bonchev–Trinajstić information content (AvgIpc) is 3.10. The number of nitrogens with zero attached hydrogens (tertiary/aromatic N) is 4. The molecule has 0 unspecified atom stereocenters. The number of hydrogen-bond donors (Lipinski definition) is 1. The fraction of sp³-hybridized carbons (Fsp3) is 0.118. The fourth-order valence-corrected chi connectivity index (χ4v) is 2.48. The summed E-state index contributed by atoms with van der Waals surface area (Å²) in [5.74, 6) is -1.39. The Morgan fingerprint density at radius 2 is 1.45 bits per heavy atom. The van der Waals surface area contributed by atoms with E-state index in [1.807, 2.05) is 0 Å². The van der Waals surface area contributed by atoms with Gasteiger partial charge in [0.1, 0.15) is 6.33 Å². The Morgan fingerprint density at radius 3 is 1.93 bits per heavy atom. The van der Waals surface area contributed by atoms with Crippen molar-refractivity contribution in [3.8, 4) is 0 Å². The first-order valence-corrected chi connectivity index (χ1v) is 7.69. The van der Waals surface area contributed by atoms with Crippen molar-refractivity contribution < 1.29 is 31.1 Å². The van der Waals surface area contributed by atoms with Crippen LogP contribution >= 0.6 is 0 Å². The fourth-order valence-electron chi connectivity index (χ4n) is 2.48. The third-order valence-corrected chi connectivity index (χ3v) is 3.73. The van der Waals surface area contributed by atoms with Gasteiger partial charge in [-0.25, -0.2) is 20.0 Å². The molecule has 2 aromatic rings. The van der Waals surface area contributed by atoms with Crippen LogP contribution in [0.15, 0.2) is 52.6 Å². The van der Waals surface area contributed by atoms with Crippen LogP contribution in [0.1, 0.15) is 22.3 Å². The van der Waals surface area contributed by atoms with Gasteiger partial charge in [-0.2, -0.15) is 26.3 Å². The third kappa shape index (κ3) is 4.31. The monoisotopic (exact) mass is 413 g/mol. The predicted molar refractivity (Wildman–Crippen MR) is 89.6 cm³/mol. The van der Waals surface area contributed by atoms with Crippen molar-refractivity contribution >= 4 is 23.5 Å². The molecule has 0 aliphatic carbocycles. The smallest absolute Gasteiger partial charge is 0.366 e. The molecule has 1 amide bonds. The first-order chi connectivity index (χ1) is 13.5. The lowest BCUT2D eigenvalue weighted by Gasteiger charge is -2.13. The molecule has 2 N–H and O–H groups in total. The number of rotatable bonds is 3. The number of halogens is 6. The highest BCUT2D eigenvalue weighted by Gasteiger charge is 2.37. The number of amides is 1. The quantitative estimate of drug-likeness (QED) is 0.618. The minimum atomic E-state index is -5.02. The number of aromatic nitrogens is 2. The number of carbonyl (C=O) groups is 1. The van der Waals surface area contributed by atoms with E-state index in [2.05, 4.69) is 20.0 Å². The van der Waals surface area contributed by atoms with Gasteiger partial charge in [0.2, 0.25) is 0 Å². The van der Waals surface area contributed by atoms with Gasteiger partial charge in [0.15, 0.2) is 5.84 Å². The summed E-state index contributed by atoms with van der Waals surface area (Å²) < 4.78 is 78.2. The van der Waals surface area contributed by atoms with E-state index in [4.69, 9.17) is 5.73 Å². The van der Waals surface area contributed by atoms with Crippen molar-refractivity contribution in [2.45, 2.75) is 12.4 Å². The normalized spacial score (nSPS) is 16.0. The van der Waals surface area contributed by atoms with Gasteiger partial charge in [-0.15, -0.1) is 0 Å². The zero-order valence-corrected chi connectivity index (χ0v) is 14.1. The van der Waals surface area contributed by atoms with E-state index >= 15 is 0 Å². The molecule has 1 aliphatic heterocycles. The maximum atomic E-state index is 13.0. The van der Waals surface area contributed by atoms with Crippen molar-refractivity contribution in [2.24, 2.45) is 15.7 Å². The number of carbonyl (C=O) groups excluding carboxylic acids is 1. The average molecular weight is 413 g/mol. The van der Waals surface area contributed by atoms with Crippen LogP contribution in [-0.4, -0.2) is 27.9 Å². The largest absolute Gasteiger partial charge is 0.416 e. The van der Waals surface area contributed by atoms with Gasteiger partial charge in [0, 0.05) is 23.5 Å². The van der Waals surface area contributed by atoms with Gasteiger partial charge in [0.05, 0.1) is 28.6 Å². The third-order valence-electron chi connectivity index (χ3n) is 3.73. The van der Waals surface area contributed by atoms with Gasteiger partial charge >= 0.3 is 12.4 Å². The summed E-state index contributed by atoms with van der Waals surface area (Å²) in [6, 6.07) is 0.976. The molecule has 0 spiro atoms. The SMILES string of the molecule is NC(=O)/C(=C1/C=NC(c2cc(C(F)(F)F)cc(C(F)(F)F)c2)=N1)c1cncnc1.